The largest absolute Gasteiger partial charge is 0.371 e. The number of benzene rings is 1. The Morgan fingerprint density at radius 2 is 2.00 bits per heavy atom. The summed E-state index contributed by atoms with van der Waals surface area (Å²) < 4.78 is 13.4. The van der Waals surface area contributed by atoms with E-state index in [1.807, 2.05) is 6.07 Å². The molecule has 0 bridgehead atoms. The second-order valence-electron chi connectivity index (χ2n) is 3.67. The predicted octanol–water partition coefficient (Wildman–Crippen LogP) is 1.88. The SMILES string of the molecule is NCc1ccc(N2CCCC2)cc1F. The molecule has 1 aliphatic heterocycles. The molecule has 0 saturated carbocycles. The molecule has 0 aromatic heterocycles. The van der Waals surface area contributed by atoms with Crippen LogP contribution in [0.1, 0.15) is 18.4 Å². The standard InChI is InChI=1S/C11H15FN2/c12-11-7-10(4-3-9(11)8-13)14-5-1-2-6-14/h3-4,7H,1-2,5-6,8,13H2. The summed E-state index contributed by atoms with van der Waals surface area (Å²) in [4.78, 5) is 2.21. The summed E-state index contributed by atoms with van der Waals surface area (Å²) in [7, 11) is 0. The van der Waals surface area contributed by atoms with E-state index in [-0.39, 0.29) is 12.4 Å². The lowest BCUT2D eigenvalue weighted by Gasteiger charge is -2.17. The number of hydrogen-bond acceptors (Lipinski definition) is 2. The maximum Gasteiger partial charge on any atom is 0.129 e. The highest BCUT2D eigenvalue weighted by Crippen LogP contribution is 2.22. The molecule has 76 valence electrons. The van der Waals surface area contributed by atoms with Crippen LogP contribution in [-0.4, -0.2) is 13.1 Å². The Hall–Kier alpha value is -1.09. The molecule has 1 fully saturated rings. The molecule has 1 heterocycles. The Bertz CT molecular complexity index is 319. The van der Waals surface area contributed by atoms with E-state index >= 15 is 0 Å². The molecule has 2 N–H and O–H groups in total. The number of hydrogen-bond donors (Lipinski definition) is 1. The Morgan fingerprint density at radius 1 is 1.29 bits per heavy atom. The van der Waals surface area contributed by atoms with E-state index in [1.54, 1.807) is 12.1 Å². The zero-order valence-corrected chi connectivity index (χ0v) is 8.17. The van der Waals surface area contributed by atoms with Crippen LogP contribution in [0.25, 0.3) is 0 Å². The van der Waals surface area contributed by atoms with Crippen LogP contribution in [0.5, 0.6) is 0 Å². The van der Waals surface area contributed by atoms with Gasteiger partial charge >= 0.3 is 0 Å². The van der Waals surface area contributed by atoms with E-state index in [1.165, 1.54) is 12.8 Å². The molecule has 3 heteroatoms. The fraction of sp³-hybridized carbons (Fsp3) is 0.455. The van der Waals surface area contributed by atoms with Crippen molar-refractivity contribution in [1.82, 2.24) is 0 Å². The van der Waals surface area contributed by atoms with Gasteiger partial charge in [0.05, 0.1) is 0 Å². The second kappa shape index (κ2) is 3.96. The third-order valence-corrected chi connectivity index (χ3v) is 2.73. The van der Waals surface area contributed by atoms with Crippen LogP contribution in [0.3, 0.4) is 0 Å². The van der Waals surface area contributed by atoms with Crippen LogP contribution in [0.4, 0.5) is 10.1 Å². The van der Waals surface area contributed by atoms with E-state index in [9.17, 15) is 4.39 Å². The fourth-order valence-corrected chi connectivity index (χ4v) is 1.87. The van der Waals surface area contributed by atoms with Crippen LogP contribution in [0, 0.1) is 5.82 Å². The van der Waals surface area contributed by atoms with Gasteiger partial charge in [0.1, 0.15) is 5.82 Å². The lowest BCUT2D eigenvalue weighted by molar-refractivity contribution is 0.610. The zero-order chi connectivity index (χ0) is 9.97. The highest BCUT2D eigenvalue weighted by molar-refractivity contribution is 5.48. The molecular formula is C11H15FN2. The van der Waals surface area contributed by atoms with Gasteiger partial charge in [-0.05, 0) is 25.0 Å². The van der Waals surface area contributed by atoms with Crippen LogP contribution < -0.4 is 10.6 Å². The quantitative estimate of drug-likeness (QED) is 0.779. The topological polar surface area (TPSA) is 29.3 Å². The van der Waals surface area contributed by atoms with Crippen molar-refractivity contribution in [2.24, 2.45) is 5.73 Å². The van der Waals surface area contributed by atoms with Crippen molar-refractivity contribution in [2.75, 3.05) is 18.0 Å². The number of anilines is 1. The molecule has 0 unspecified atom stereocenters. The van der Waals surface area contributed by atoms with Crippen molar-refractivity contribution in [3.8, 4) is 0 Å². The second-order valence-corrected chi connectivity index (χ2v) is 3.67. The van der Waals surface area contributed by atoms with E-state index in [2.05, 4.69) is 4.90 Å². The summed E-state index contributed by atoms with van der Waals surface area (Å²) in [5.41, 5.74) is 6.97. The minimum atomic E-state index is -0.183. The molecule has 14 heavy (non-hydrogen) atoms. The molecule has 0 amide bonds. The normalized spacial score (nSPS) is 16.3. The fourth-order valence-electron chi connectivity index (χ4n) is 1.87. The van der Waals surface area contributed by atoms with Crippen molar-refractivity contribution in [1.29, 1.82) is 0 Å². The minimum Gasteiger partial charge on any atom is -0.371 e. The predicted molar refractivity (Wildman–Crippen MR) is 55.7 cm³/mol. The van der Waals surface area contributed by atoms with E-state index in [4.69, 9.17) is 5.73 Å². The highest BCUT2D eigenvalue weighted by Gasteiger charge is 2.13. The van der Waals surface area contributed by atoms with Crippen molar-refractivity contribution >= 4 is 5.69 Å². The Labute approximate surface area is 83.5 Å². The van der Waals surface area contributed by atoms with Gasteiger partial charge in [-0.1, -0.05) is 6.07 Å². The van der Waals surface area contributed by atoms with Gasteiger partial charge in [0.2, 0.25) is 0 Å². The Morgan fingerprint density at radius 3 is 2.57 bits per heavy atom. The Balaban J connectivity index is 2.23. The average molecular weight is 194 g/mol. The summed E-state index contributed by atoms with van der Waals surface area (Å²) >= 11 is 0. The summed E-state index contributed by atoms with van der Waals surface area (Å²) in [6.07, 6.45) is 2.42. The van der Waals surface area contributed by atoms with Gasteiger partial charge in [0.25, 0.3) is 0 Å². The summed E-state index contributed by atoms with van der Waals surface area (Å²) in [6, 6.07) is 5.33. The molecule has 0 spiro atoms. The molecule has 2 nitrogen and oxygen atoms in total. The van der Waals surface area contributed by atoms with Crippen LogP contribution in [-0.2, 0) is 6.54 Å². The van der Waals surface area contributed by atoms with Crippen LogP contribution >= 0.6 is 0 Å². The van der Waals surface area contributed by atoms with E-state index < -0.39 is 0 Å². The summed E-state index contributed by atoms with van der Waals surface area (Å²) in [6.45, 7) is 2.36. The lowest BCUT2D eigenvalue weighted by Crippen LogP contribution is -2.17. The maximum absolute atomic E-state index is 13.4. The van der Waals surface area contributed by atoms with Crippen molar-refractivity contribution < 1.29 is 4.39 Å². The highest BCUT2D eigenvalue weighted by atomic mass is 19.1. The molecule has 0 atom stereocenters. The number of rotatable bonds is 2. The first kappa shape index (κ1) is 9.46. The van der Waals surface area contributed by atoms with Gasteiger partial charge in [-0.15, -0.1) is 0 Å². The summed E-state index contributed by atoms with van der Waals surface area (Å²) in [5.74, 6) is -0.183. The lowest BCUT2D eigenvalue weighted by atomic mass is 10.2. The van der Waals surface area contributed by atoms with Crippen LogP contribution in [0.15, 0.2) is 18.2 Å². The van der Waals surface area contributed by atoms with Crippen molar-refractivity contribution in [3.63, 3.8) is 0 Å². The van der Waals surface area contributed by atoms with Crippen molar-refractivity contribution in [2.45, 2.75) is 19.4 Å². The molecule has 1 aliphatic rings. The first-order chi connectivity index (χ1) is 6.81. The molecular weight excluding hydrogens is 179 g/mol. The van der Waals surface area contributed by atoms with Gasteiger partial charge in [0.15, 0.2) is 0 Å². The molecule has 0 aliphatic carbocycles. The first-order valence-corrected chi connectivity index (χ1v) is 5.04. The third-order valence-electron chi connectivity index (χ3n) is 2.73. The molecule has 2 rings (SSSR count). The van der Waals surface area contributed by atoms with E-state index in [0.29, 0.717) is 5.56 Å². The van der Waals surface area contributed by atoms with Crippen LogP contribution in [0.2, 0.25) is 0 Å². The van der Waals surface area contributed by atoms with Gasteiger partial charge < -0.3 is 10.6 Å². The first-order valence-electron chi connectivity index (χ1n) is 5.04. The molecule has 1 aromatic carbocycles. The molecule has 1 aromatic rings. The van der Waals surface area contributed by atoms with Crippen molar-refractivity contribution in [3.05, 3.63) is 29.6 Å². The monoisotopic (exact) mass is 194 g/mol. The maximum atomic E-state index is 13.4. The molecule has 0 radical (unpaired) electrons. The third kappa shape index (κ3) is 1.73. The van der Waals surface area contributed by atoms with Gasteiger partial charge in [0, 0.05) is 30.9 Å². The number of nitrogens with two attached hydrogens (primary N) is 1. The van der Waals surface area contributed by atoms with Gasteiger partial charge in [-0.25, -0.2) is 4.39 Å². The molecule has 1 saturated heterocycles. The smallest absolute Gasteiger partial charge is 0.129 e. The van der Waals surface area contributed by atoms with E-state index in [0.717, 1.165) is 18.8 Å². The number of halogens is 1. The summed E-state index contributed by atoms with van der Waals surface area (Å²) in [5, 5.41) is 0. The average Bonchev–Trinajstić information content (AvgIpc) is 2.70. The van der Waals surface area contributed by atoms with Gasteiger partial charge in [-0.3, -0.25) is 0 Å². The zero-order valence-electron chi connectivity index (χ0n) is 8.17. The minimum absolute atomic E-state index is 0.183. The Kier molecular flexibility index (Phi) is 2.68. The number of nitrogens with zero attached hydrogens (tertiary/aromatic N) is 1. The van der Waals surface area contributed by atoms with Gasteiger partial charge in [-0.2, -0.15) is 0 Å².